The average Bonchev–Trinajstić information content (AvgIpc) is 2.50. The Morgan fingerprint density at radius 2 is 1.42 bits per heavy atom. The molecule has 2 aromatic rings. The lowest BCUT2D eigenvalue weighted by atomic mass is 10.1. The Labute approximate surface area is 134 Å². The molecule has 0 aliphatic carbocycles. The zero-order valence-electron chi connectivity index (χ0n) is 12.2. The molecule has 0 atom stereocenters. The summed E-state index contributed by atoms with van der Waals surface area (Å²) in [5.74, 6) is -3.07. The van der Waals surface area contributed by atoms with Crippen LogP contribution in [0.15, 0.2) is 48.5 Å². The van der Waals surface area contributed by atoms with Crippen molar-refractivity contribution in [2.75, 3.05) is 10.6 Å². The Hall–Kier alpha value is -2.90. The highest BCUT2D eigenvalue weighted by Gasteiger charge is 2.38. The highest BCUT2D eigenvalue weighted by atomic mass is 19.4. The molecule has 126 valence electrons. The second kappa shape index (κ2) is 7.12. The number of hydrogen-bond acceptors (Lipinski definition) is 2. The summed E-state index contributed by atoms with van der Waals surface area (Å²) in [7, 11) is 0. The van der Waals surface area contributed by atoms with Crippen LogP contribution in [0.5, 0.6) is 0 Å². The van der Waals surface area contributed by atoms with E-state index in [1.807, 2.05) is 0 Å². The minimum atomic E-state index is -4.98. The highest BCUT2D eigenvalue weighted by Crippen LogP contribution is 2.19. The molecule has 0 heterocycles. The van der Waals surface area contributed by atoms with E-state index in [4.69, 9.17) is 0 Å². The van der Waals surface area contributed by atoms with E-state index in [2.05, 4.69) is 5.32 Å². The number of hydrogen-bond donors (Lipinski definition) is 2. The molecule has 2 aromatic carbocycles. The number of amides is 2. The molecule has 2 amide bonds. The van der Waals surface area contributed by atoms with Crippen molar-refractivity contribution in [1.29, 1.82) is 0 Å². The van der Waals surface area contributed by atoms with Gasteiger partial charge in [-0.1, -0.05) is 18.2 Å². The number of alkyl halides is 3. The van der Waals surface area contributed by atoms with Gasteiger partial charge in [0.15, 0.2) is 0 Å². The molecule has 0 saturated heterocycles. The topological polar surface area (TPSA) is 58.2 Å². The van der Waals surface area contributed by atoms with Crippen molar-refractivity contribution >= 4 is 23.2 Å². The summed E-state index contributed by atoms with van der Waals surface area (Å²) in [5, 5.41) is 4.17. The van der Waals surface area contributed by atoms with E-state index in [1.165, 1.54) is 42.5 Å². The van der Waals surface area contributed by atoms with Crippen LogP contribution in [0.25, 0.3) is 0 Å². The zero-order valence-corrected chi connectivity index (χ0v) is 12.2. The minimum absolute atomic E-state index is 0.0653. The number of carbonyl (C=O) groups is 2. The first-order valence-electron chi connectivity index (χ1n) is 6.77. The van der Waals surface area contributed by atoms with Crippen LogP contribution in [0, 0.1) is 5.82 Å². The van der Waals surface area contributed by atoms with Crippen LogP contribution in [0.4, 0.5) is 28.9 Å². The molecular weight excluding hydrogens is 328 g/mol. The molecule has 4 nitrogen and oxygen atoms in total. The molecular formula is C16H12F4N2O2. The van der Waals surface area contributed by atoms with Crippen LogP contribution in [-0.4, -0.2) is 18.0 Å². The zero-order chi connectivity index (χ0) is 17.7. The van der Waals surface area contributed by atoms with Crippen molar-refractivity contribution in [3.63, 3.8) is 0 Å². The number of halogens is 4. The number of carbonyl (C=O) groups excluding carboxylic acids is 2. The summed E-state index contributed by atoms with van der Waals surface area (Å²) in [4.78, 5) is 22.6. The Bertz CT molecular complexity index is 742. The van der Waals surface area contributed by atoms with Crippen molar-refractivity contribution in [3.05, 3.63) is 59.9 Å². The minimum Gasteiger partial charge on any atom is -0.326 e. The molecule has 0 aliphatic rings. The van der Waals surface area contributed by atoms with E-state index in [-0.39, 0.29) is 17.7 Å². The summed E-state index contributed by atoms with van der Waals surface area (Å²) in [6.07, 6.45) is -5.16. The summed E-state index contributed by atoms with van der Waals surface area (Å²) >= 11 is 0. The smallest absolute Gasteiger partial charge is 0.326 e. The van der Waals surface area contributed by atoms with Gasteiger partial charge in [0.05, 0.1) is 6.42 Å². The standard InChI is InChI=1S/C16H12F4N2O2/c17-13-4-2-1-3-10(13)9-14(23)21-11-5-7-12(8-6-11)22-15(24)16(18,19)20/h1-8H,9H2,(H,21,23)(H,22,24). The van der Waals surface area contributed by atoms with Gasteiger partial charge in [-0.2, -0.15) is 13.2 Å². The van der Waals surface area contributed by atoms with E-state index in [0.29, 0.717) is 5.69 Å². The van der Waals surface area contributed by atoms with Gasteiger partial charge in [0.2, 0.25) is 5.91 Å². The third kappa shape index (κ3) is 4.80. The predicted octanol–water partition coefficient (Wildman–Crippen LogP) is 3.51. The first-order chi connectivity index (χ1) is 11.3. The van der Waals surface area contributed by atoms with Crippen molar-refractivity contribution in [3.8, 4) is 0 Å². The Kier molecular flexibility index (Phi) is 5.18. The summed E-state index contributed by atoms with van der Waals surface area (Å²) in [6.45, 7) is 0. The highest BCUT2D eigenvalue weighted by molar-refractivity contribution is 5.96. The van der Waals surface area contributed by atoms with E-state index >= 15 is 0 Å². The summed E-state index contributed by atoms with van der Waals surface area (Å²) in [5.41, 5.74) is 0.467. The molecule has 0 aliphatic heterocycles. The van der Waals surface area contributed by atoms with Crippen molar-refractivity contribution in [2.45, 2.75) is 12.6 Å². The Balaban J connectivity index is 1.95. The molecule has 0 fully saturated rings. The van der Waals surface area contributed by atoms with Gasteiger partial charge in [0, 0.05) is 11.4 Å². The van der Waals surface area contributed by atoms with Gasteiger partial charge in [-0.25, -0.2) is 4.39 Å². The predicted molar refractivity (Wildman–Crippen MR) is 79.9 cm³/mol. The molecule has 8 heteroatoms. The van der Waals surface area contributed by atoms with Crippen LogP contribution >= 0.6 is 0 Å². The lowest BCUT2D eigenvalue weighted by molar-refractivity contribution is -0.167. The van der Waals surface area contributed by atoms with Crippen molar-refractivity contribution in [2.24, 2.45) is 0 Å². The van der Waals surface area contributed by atoms with Gasteiger partial charge in [-0.3, -0.25) is 9.59 Å². The molecule has 2 N–H and O–H groups in total. The largest absolute Gasteiger partial charge is 0.471 e. The molecule has 2 rings (SSSR count). The van der Waals surface area contributed by atoms with Gasteiger partial charge >= 0.3 is 12.1 Å². The fourth-order valence-electron chi connectivity index (χ4n) is 1.86. The summed E-state index contributed by atoms with van der Waals surface area (Å²) in [6, 6.07) is 10.9. The van der Waals surface area contributed by atoms with Crippen LogP contribution in [0.1, 0.15) is 5.56 Å². The third-order valence-electron chi connectivity index (χ3n) is 2.99. The number of nitrogens with one attached hydrogen (secondary N) is 2. The van der Waals surface area contributed by atoms with Gasteiger partial charge in [-0.15, -0.1) is 0 Å². The molecule has 0 saturated carbocycles. The van der Waals surface area contributed by atoms with E-state index in [0.717, 1.165) is 0 Å². The van der Waals surface area contributed by atoms with Gasteiger partial charge in [-0.05, 0) is 35.9 Å². The second-order valence-electron chi connectivity index (χ2n) is 4.85. The van der Waals surface area contributed by atoms with Gasteiger partial charge < -0.3 is 10.6 Å². The maximum Gasteiger partial charge on any atom is 0.471 e. The third-order valence-corrected chi connectivity index (χ3v) is 2.99. The molecule has 0 unspecified atom stereocenters. The normalized spacial score (nSPS) is 11.0. The lowest BCUT2D eigenvalue weighted by Gasteiger charge is -2.09. The Morgan fingerprint density at radius 3 is 1.96 bits per heavy atom. The van der Waals surface area contributed by atoms with Crippen molar-refractivity contribution < 1.29 is 27.2 Å². The maximum absolute atomic E-state index is 13.4. The van der Waals surface area contributed by atoms with Crippen LogP contribution in [0.2, 0.25) is 0 Å². The van der Waals surface area contributed by atoms with Gasteiger partial charge in [0.25, 0.3) is 0 Å². The van der Waals surface area contributed by atoms with E-state index < -0.39 is 23.8 Å². The fourth-order valence-corrected chi connectivity index (χ4v) is 1.86. The number of anilines is 2. The first-order valence-corrected chi connectivity index (χ1v) is 6.77. The second-order valence-corrected chi connectivity index (χ2v) is 4.85. The van der Waals surface area contributed by atoms with Gasteiger partial charge in [0.1, 0.15) is 5.82 Å². The maximum atomic E-state index is 13.4. The van der Waals surface area contributed by atoms with Crippen molar-refractivity contribution in [1.82, 2.24) is 0 Å². The molecule has 0 bridgehead atoms. The SMILES string of the molecule is O=C(Cc1ccccc1F)Nc1ccc(NC(=O)C(F)(F)F)cc1. The fraction of sp³-hybridized carbons (Fsp3) is 0.125. The van der Waals surface area contributed by atoms with Crippen LogP contribution < -0.4 is 10.6 Å². The molecule has 24 heavy (non-hydrogen) atoms. The quantitative estimate of drug-likeness (QED) is 0.837. The Morgan fingerprint density at radius 1 is 0.875 bits per heavy atom. The average molecular weight is 340 g/mol. The molecule has 0 aromatic heterocycles. The van der Waals surface area contributed by atoms with Crippen LogP contribution in [0.3, 0.4) is 0 Å². The number of benzene rings is 2. The summed E-state index contributed by atoms with van der Waals surface area (Å²) < 4.78 is 49.8. The number of rotatable bonds is 4. The monoisotopic (exact) mass is 340 g/mol. The first kappa shape index (κ1) is 17.5. The molecule has 0 spiro atoms. The molecule has 0 radical (unpaired) electrons. The lowest BCUT2D eigenvalue weighted by Crippen LogP contribution is -2.29. The van der Waals surface area contributed by atoms with Crippen LogP contribution in [-0.2, 0) is 16.0 Å². The van der Waals surface area contributed by atoms with E-state index in [9.17, 15) is 27.2 Å². The van der Waals surface area contributed by atoms with E-state index in [1.54, 1.807) is 11.4 Å².